The molecule has 1 amide bonds. The molecule has 0 fully saturated rings. The molecular formula is C15H30N2OS. The van der Waals surface area contributed by atoms with Crippen molar-refractivity contribution in [2.24, 2.45) is 5.73 Å². The Hall–Kier alpha value is -0.640. The van der Waals surface area contributed by atoms with Crippen molar-refractivity contribution in [2.45, 2.75) is 84.1 Å². The molecule has 0 rings (SSSR count). The van der Waals surface area contributed by atoms with Gasteiger partial charge in [0.05, 0.1) is 10.5 Å². The maximum atomic E-state index is 11.8. The molecule has 0 aromatic heterocycles. The van der Waals surface area contributed by atoms with Gasteiger partial charge in [0.1, 0.15) is 0 Å². The number of hydrogen-bond acceptors (Lipinski definition) is 2. The number of thiocarbonyl (C=S) groups is 1. The van der Waals surface area contributed by atoms with Crippen molar-refractivity contribution < 1.29 is 4.79 Å². The zero-order chi connectivity index (χ0) is 14.7. The van der Waals surface area contributed by atoms with Gasteiger partial charge in [-0.05, 0) is 19.8 Å². The summed E-state index contributed by atoms with van der Waals surface area (Å²) < 4.78 is 0. The maximum absolute atomic E-state index is 11.8. The first kappa shape index (κ1) is 18.4. The number of carbonyl (C=O) groups is 1. The van der Waals surface area contributed by atoms with Gasteiger partial charge >= 0.3 is 0 Å². The maximum Gasteiger partial charge on any atom is 0.220 e. The van der Waals surface area contributed by atoms with Crippen LogP contribution in [0.1, 0.15) is 78.6 Å². The molecule has 0 aliphatic carbocycles. The summed E-state index contributed by atoms with van der Waals surface area (Å²) in [6.07, 6.45) is 9.82. The molecular weight excluding hydrogens is 256 g/mol. The molecule has 1 atom stereocenters. The highest BCUT2D eigenvalue weighted by atomic mass is 32.1. The van der Waals surface area contributed by atoms with E-state index in [0.29, 0.717) is 11.4 Å². The molecule has 0 aliphatic rings. The molecule has 0 aliphatic heterocycles. The topological polar surface area (TPSA) is 55.1 Å². The molecule has 0 saturated heterocycles. The second-order valence-electron chi connectivity index (χ2n) is 5.47. The number of rotatable bonds is 11. The lowest BCUT2D eigenvalue weighted by Gasteiger charge is -2.28. The predicted molar refractivity (Wildman–Crippen MR) is 86.2 cm³/mol. The fourth-order valence-electron chi connectivity index (χ4n) is 1.94. The van der Waals surface area contributed by atoms with Gasteiger partial charge in [-0.3, -0.25) is 4.79 Å². The Morgan fingerprint density at radius 3 is 2.11 bits per heavy atom. The second-order valence-corrected chi connectivity index (χ2v) is 5.91. The number of carbonyl (C=O) groups excluding carboxylic acids is 1. The fraction of sp³-hybridized carbons (Fsp3) is 0.867. The Balaban J connectivity index is 3.73. The first-order valence-corrected chi connectivity index (χ1v) is 7.98. The minimum atomic E-state index is -0.534. The number of unbranched alkanes of at least 4 members (excludes halogenated alkanes) is 6. The van der Waals surface area contributed by atoms with Crippen LogP contribution in [-0.2, 0) is 4.79 Å². The van der Waals surface area contributed by atoms with E-state index >= 15 is 0 Å². The quantitative estimate of drug-likeness (QED) is 0.450. The van der Waals surface area contributed by atoms with E-state index in [0.717, 1.165) is 19.3 Å². The van der Waals surface area contributed by atoms with Crippen molar-refractivity contribution in [1.29, 1.82) is 0 Å². The van der Waals surface area contributed by atoms with Crippen LogP contribution in [0.25, 0.3) is 0 Å². The monoisotopic (exact) mass is 286 g/mol. The van der Waals surface area contributed by atoms with E-state index in [2.05, 4.69) is 12.2 Å². The van der Waals surface area contributed by atoms with Gasteiger partial charge in [0.15, 0.2) is 0 Å². The van der Waals surface area contributed by atoms with E-state index in [1.165, 1.54) is 32.1 Å². The minimum Gasteiger partial charge on any atom is -0.391 e. The van der Waals surface area contributed by atoms with Crippen molar-refractivity contribution in [3.63, 3.8) is 0 Å². The highest BCUT2D eigenvalue weighted by Gasteiger charge is 2.26. The van der Waals surface area contributed by atoms with E-state index in [9.17, 15) is 4.79 Å². The lowest BCUT2D eigenvalue weighted by molar-refractivity contribution is -0.122. The van der Waals surface area contributed by atoms with Gasteiger partial charge < -0.3 is 11.1 Å². The molecule has 3 N–H and O–H groups in total. The van der Waals surface area contributed by atoms with Crippen LogP contribution in [0.2, 0.25) is 0 Å². The summed E-state index contributed by atoms with van der Waals surface area (Å²) in [5.41, 5.74) is 5.14. The van der Waals surface area contributed by atoms with Crippen LogP contribution >= 0.6 is 12.2 Å². The largest absolute Gasteiger partial charge is 0.391 e. The molecule has 112 valence electrons. The lowest BCUT2D eigenvalue weighted by Crippen LogP contribution is -2.54. The van der Waals surface area contributed by atoms with Crippen LogP contribution < -0.4 is 11.1 Å². The van der Waals surface area contributed by atoms with Crippen LogP contribution in [0.15, 0.2) is 0 Å². The lowest BCUT2D eigenvalue weighted by atomic mass is 9.98. The molecule has 0 saturated carbocycles. The van der Waals surface area contributed by atoms with Crippen LogP contribution in [0, 0.1) is 0 Å². The molecule has 0 radical (unpaired) electrons. The molecule has 1 unspecified atom stereocenters. The van der Waals surface area contributed by atoms with Crippen molar-refractivity contribution >= 4 is 23.1 Å². The molecule has 0 spiro atoms. The van der Waals surface area contributed by atoms with Crippen molar-refractivity contribution in [1.82, 2.24) is 5.32 Å². The SMILES string of the molecule is CCCCCCCCCC(=O)NC(C)(CC)C(N)=S. The Labute approximate surface area is 123 Å². The van der Waals surface area contributed by atoms with Crippen LogP contribution in [-0.4, -0.2) is 16.4 Å². The predicted octanol–water partition coefficient (Wildman–Crippen LogP) is 3.70. The summed E-state index contributed by atoms with van der Waals surface area (Å²) in [4.78, 5) is 12.2. The average molecular weight is 286 g/mol. The van der Waals surface area contributed by atoms with Gasteiger partial charge in [0.25, 0.3) is 0 Å². The molecule has 19 heavy (non-hydrogen) atoms. The first-order valence-electron chi connectivity index (χ1n) is 7.57. The smallest absolute Gasteiger partial charge is 0.220 e. The Morgan fingerprint density at radius 2 is 1.63 bits per heavy atom. The summed E-state index contributed by atoms with van der Waals surface area (Å²) in [6.45, 7) is 6.09. The van der Waals surface area contributed by atoms with Crippen molar-refractivity contribution in [3.8, 4) is 0 Å². The Kier molecular flexibility index (Phi) is 9.84. The van der Waals surface area contributed by atoms with Crippen LogP contribution in [0.3, 0.4) is 0 Å². The van der Waals surface area contributed by atoms with Gasteiger partial charge in [0.2, 0.25) is 5.91 Å². The van der Waals surface area contributed by atoms with Gasteiger partial charge in [-0.2, -0.15) is 0 Å². The normalized spacial score (nSPS) is 13.8. The zero-order valence-electron chi connectivity index (χ0n) is 12.8. The zero-order valence-corrected chi connectivity index (χ0v) is 13.6. The van der Waals surface area contributed by atoms with Crippen molar-refractivity contribution in [2.75, 3.05) is 0 Å². The molecule has 0 aromatic rings. The van der Waals surface area contributed by atoms with Gasteiger partial charge in [-0.1, -0.05) is 64.6 Å². The number of nitrogens with two attached hydrogens (primary N) is 1. The van der Waals surface area contributed by atoms with E-state index < -0.39 is 5.54 Å². The van der Waals surface area contributed by atoms with Crippen LogP contribution in [0.5, 0.6) is 0 Å². The molecule has 4 heteroatoms. The summed E-state index contributed by atoms with van der Waals surface area (Å²) in [5.74, 6) is 0.0608. The minimum absolute atomic E-state index is 0.0608. The second kappa shape index (κ2) is 10.2. The van der Waals surface area contributed by atoms with Gasteiger partial charge in [-0.25, -0.2) is 0 Å². The van der Waals surface area contributed by atoms with Crippen molar-refractivity contribution in [3.05, 3.63) is 0 Å². The first-order chi connectivity index (χ1) is 8.96. The Bertz CT molecular complexity index is 281. The third-order valence-electron chi connectivity index (χ3n) is 3.67. The highest BCUT2D eigenvalue weighted by Crippen LogP contribution is 2.12. The summed E-state index contributed by atoms with van der Waals surface area (Å²) in [6, 6.07) is 0. The summed E-state index contributed by atoms with van der Waals surface area (Å²) in [5, 5.41) is 2.95. The third-order valence-corrected chi connectivity index (χ3v) is 4.12. The van der Waals surface area contributed by atoms with E-state index in [4.69, 9.17) is 18.0 Å². The van der Waals surface area contributed by atoms with E-state index in [-0.39, 0.29) is 5.91 Å². The Morgan fingerprint density at radius 1 is 1.11 bits per heavy atom. The number of hydrogen-bond donors (Lipinski definition) is 2. The van der Waals surface area contributed by atoms with E-state index in [1.807, 2.05) is 13.8 Å². The standard InChI is InChI=1S/C15H30N2OS/c1-4-6-7-8-9-10-11-12-13(18)17-15(3,5-2)14(16)19/h4-12H2,1-3H3,(H2,16,19)(H,17,18). The number of nitrogens with one attached hydrogen (secondary N) is 1. The van der Waals surface area contributed by atoms with Crippen LogP contribution in [0.4, 0.5) is 0 Å². The third kappa shape index (κ3) is 8.19. The number of amides is 1. The van der Waals surface area contributed by atoms with Gasteiger partial charge in [-0.15, -0.1) is 0 Å². The van der Waals surface area contributed by atoms with E-state index in [1.54, 1.807) is 0 Å². The molecule has 0 bridgehead atoms. The highest BCUT2D eigenvalue weighted by molar-refractivity contribution is 7.80. The molecule has 3 nitrogen and oxygen atoms in total. The van der Waals surface area contributed by atoms with Gasteiger partial charge in [0, 0.05) is 6.42 Å². The summed E-state index contributed by atoms with van der Waals surface area (Å²) >= 11 is 5.01. The fourth-order valence-corrected chi connectivity index (χ4v) is 2.13. The molecule has 0 heterocycles. The average Bonchev–Trinajstić information content (AvgIpc) is 2.37. The summed E-state index contributed by atoms with van der Waals surface area (Å²) in [7, 11) is 0. The molecule has 0 aromatic carbocycles.